The monoisotopic (exact) mass is 362 g/mol. The lowest BCUT2D eigenvalue weighted by Gasteiger charge is -2.38. The van der Waals surface area contributed by atoms with E-state index < -0.39 is 14.9 Å². The normalized spacial score (nSPS) is 16.3. The molecule has 0 aliphatic heterocycles. The van der Waals surface area contributed by atoms with E-state index in [9.17, 15) is 13.0 Å². The third-order valence-corrected chi connectivity index (χ3v) is 6.95. The van der Waals surface area contributed by atoms with E-state index in [1.165, 1.54) is 6.42 Å². The Morgan fingerprint density at radius 1 is 0.875 bits per heavy atom. The van der Waals surface area contributed by atoms with Crippen molar-refractivity contribution < 1.29 is 13.0 Å². The van der Waals surface area contributed by atoms with Crippen LogP contribution in [0.1, 0.15) is 101 Å². The zero-order chi connectivity index (χ0) is 19.6. The van der Waals surface area contributed by atoms with E-state index in [4.69, 9.17) is 0 Å². The summed E-state index contributed by atoms with van der Waals surface area (Å²) in [7, 11) is -4.02. The smallest absolute Gasteiger partial charge is 0.270 e. The highest BCUT2D eigenvalue weighted by Gasteiger charge is 2.38. The van der Waals surface area contributed by atoms with Crippen LogP contribution in [0.15, 0.2) is 0 Å². The minimum atomic E-state index is -4.02. The van der Waals surface area contributed by atoms with Crippen molar-refractivity contribution in [1.82, 2.24) is 0 Å². The van der Waals surface area contributed by atoms with Crippen molar-refractivity contribution in [2.75, 3.05) is 0 Å². The van der Waals surface area contributed by atoms with Crippen molar-refractivity contribution in [3.8, 4) is 0 Å². The molecule has 0 saturated carbocycles. The molecule has 0 aromatic rings. The first-order valence-electron chi connectivity index (χ1n) is 9.26. The maximum atomic E-state index is 11.5. The molecule has 146 valence electrons. The van der Waals surface area contributed by atoms with E-state index >= 15 is 0 Å². The average Bonchev–Trinajstić information content (AvgIpc) is 2.21. The molecule has 0 aliphatic carbocycles. The molecule has 0 aromatic heterocycles. The quantitative estimate of drug-likeness (QED) is 0.487. The highest BCUT2D eigenvalue weighted by Crippen LogP contribution is 2.42. The van der Waals surface area contributed by atoms with E-state index in [0.717, 1.165) is 19.3 Å². The van der Waals surface area contributed by atoms with Crippen LogP contribution in [0.25, 0.3) is 0 Å². The molecule has 24 heavy (non-hydrogen) atoms. The van der Waals surface area contributed by atoms with Gasteiger partial charge in [-0.2, -0.15) is 8.42 Å². The second-order valence-electron chi connectivity index (χ2n) is 11.1. The molecule has 0 aromatic carbocycles. The van der Waals surface area contributed by atoms with Crippen LogP contribution in [0.5, 0.6) is 0 Å². The van der Waals surface area contributed by atoms with Gasteiger partial charge < -0.3 is 0 Å². The van der Waals surface area contributed by atoms with Gasteiger partial charge in [-0.05, 0) is 55.3 Å². The summed E-state index contributed by atoms with van der Waals surface area (Å²) in [6.07, 6.45) is 4.88. The molecule has 0 radical (unpaired) electrons. The highest BCUT2D eigenvalue weighted by molar-refractivity contribution is 7.87. The van der Waals surface area contributed by atoms with E-state index in [0.29, 0.717) is 23.2 Å². The molecule has 0 heterocycles. The van der Waals surface area contributed by atoms with Crippen LogP contribution in [0.3, 0.4) is 0 Å². The van der Waals surface area contributed by atoms with Crippen molar-refractivity contribution in [3.05, 3.63) is 0 Å². The first-order valence-corrected chi connectivity index (χ1v) is 10.7. The maximum Gasteiger partial charge on any atom is 0.270 e. The summed E-state index contributed by atoms with van der Waals surface area (Å²) in [5.41, 5.74) is 0.528. The molecule has 4 heteroatoms. The molecule has 0 aliphatic rings. The fourth-order valence-corrected chi connectivity index (χ4v) is 4.72. The summed E-state index contributed by atoms with van der Waals surface area (Å²) in [5, 5.41) is 0. The second kappa shape index (κ2) is 7.65. The SMILES string of the molecule is CC(CCCC(C)(C)CC(C)(C)S(=O)(=O)O)C(C)(C)CC(C)(C)C. The molecule has 0 fully saturated rings. The molecule has 0 bridgehead atoms. The summed E-state index contributed by atoms with van der Waals surface area (Å²) in [4.78, 5) is 0. The summed E-state index contributed by atoms with van der Waals surface area (Å²) in [6.45, 7) is 21.4. The van der Waals surface area contributed by atoms with E-state index in [1.54, 1.807) is 13.8 Å². The lowest BCUT2D eigenvalue weighted by molar-refractivity contribution is 0.127. The second-order valence-corrected chi connectivity index (χ2v) is 13.2. The van der Waals surface area contributed by atoms with Crippen LogP contribution >= 0.6 is 0 Å². The molecule has 0 rings (SSSR count). The Balaban J connectivity index is 4.64. The van der Waals surface area contributed by atoms with Crippen LogP contribution in [-0.2, 0) is 10.1 Å². The first kappa shape index (κ1) is 23.9. The van der Waals surface area contributed by atoms with Crippen molar-refractivity contribution in [2.24, 2.45) is 22.2 Å². The molecule has 1 atom stereocenters. The van der Waals surface area contributed by atoms with Crippen molar-refractivity contribution in [1.29, 1.82) is 0 Å². The molecular formula is C20H42O3S. The van der Waals surface area contributed by atoms with Crippen molar-refractivity contribution in [3.63, 3.8) is 0 Å². The van der Waals surface area contributed by atoms with Gasteiger partial charge >= 0.3 is 0 Å². The average molecular weight is 363 g/mol. The largest absolute Gasteiger partial charge is 0.285 e. The lowest BCUT2D eigenvalue weighted by Crippen LogP contribution is -2.36. The zero-order valence-corrected chi connectivity index (χ0v) is 18.6. The Kier molecular flexibility index (Phi) is 7.62. The third-order valence-electron chi connectivity index (χ3n) is 5.41. The number of hydrogen-bond acceptors (Lipinski definition) is 2. The van der Waals surface area contributed by atoms with Crippen molar-refractivity contribution in [2.45, 2.75) is 106 Å². The lowest BCUT2D eigenvalue weighted by atomic mass is 9.67. The maximum absolute atomic E-state index is 11.5. The van der Waals surface area contributed by atoms with Gasteiger partial charge in [0.05, 0.1) is 4.75 Å². The molecule has 0 amide bonds. The standard InChI is InChI=1S/C20H42O3S/c1-16(19(7,8)14-17(2,3)4)12-11-13-18(5,6)15-20(9,10)24(21,22)23/h16H,11-15H2,1-10H3,(H,21,22,23). The predicted octanol–water partition coefficient (Wildman–Crippen LogP) is 6.34. The van der Waals surface area contributed by atoms with Gasteiger partial charge in [0, 0.05) is 0 Å². The minimum Gasteiger partial charge on any atom is -0.285 e. The highest BCUT2D eigenvalue weighted by atomic mass is 32.2. The molecule has 1 unspecified atom stereocenters. The van der Waals surface area contributed by atoms with Crippen LogP contribution in [0, 0.1) is 22.2 Å². The molecular weight excluding hydrogens is 320 g/mol. The van der Waals surface area contributed by atoms with Crippen LogP contribution < -0.4 is 0 Å². The van der Waals surface area contributed by atoms with E-state index in [2.05, 4.69) is 55.4 Å². The fraction of sp³-hybridized carbons (Fsp3) is 1.00. The van der Waals surface area contributed by atoms with E-state index in [-0.39, 0.29) is 5.41 Å². The minimum absolute atomic E-state index is 0.104. The summed E-state index contributed by atoms with van der Waals surface area (Å²) in [6, 6.07) is 0. The van der Waals surface area contributed by atoms with Gasteiger partial charge in [0.1, 0.15) is 0 Å². The van der Waals surface area contributed by atoms with Gasteiger partial charge in [-0.15, -0.1) is 0 Å². The van der Waals surface area contributed by atoms with E-state index in [1.807, 2.05) is 0 Å². The Bertz CT molecular complexity index is 493. The third kappa shape index (κ3) is 8.33. The molecule has 0 spiro atoms. The number of hydrogen-bond donors (Lipinski definition) is 1. The topological polar surface area (TPSA) is 54.4 Å². The van der Waals surface area contributed by atoms with Gasteiger partial charge in [-0.3, -0.25) is 4.55 Å². The molecule has 0 saturated heterocycles. The van der Waals surface area contributed by atoms with Gasteiger partial charge in [0.15, 0.2) is 0 Å². The van der Waals surface area contributed by atoms with Crippen molar-refractivity contribution >= 4 is 10.1 Å². The Morgan fingerprint density at radius 3 is 1.71 bits per heavy atom. The summed E-state index contributed by atoms with van der Waals surface area (Å²) >= 11 is 0. The van der Waals surface area contributed by atoms with Crippen LogP contribution in [0.4, 0.5) is 0 Å². The molecule has 3 nitrogen and oxygen atoms in total. The van der Waals surface area contributed by atoms with Gasteiger partial charge in [0.2, 0.25) is 0 Å². The Hall–Kier alpha value is -0.0900. The summed E-state index contributed by atoms with van der Waals surface area (Å²) < 4.78 is 31.4. The van der Waals surface area contributed by atoms with Gasteiger partial charge in [-0.1, -0.05) is 68.2 Å². The fourth-order valence-electron chi connectivity index (χ4n) is 4.15. The zero-order valence-electron chi connectivity index (χ0n) is 17.8. The van der Waals surface area contributed by atoms with Gasteiger partial charge in [-0.25, -0.2) is 0 Å². The first-order chi connectivity index (χ1) is 10.3. The van der Waals surface area contributed by atoms with Gasteiger partial charge in [0.25, 0.3) is 10.1 Å². The van der Waals surface area contributed by atoms with Crippen LogP contribution in [0.2, 0.25) is 0 Å². The Morgan fingerprint density at radius 2 is 1.33 bits per heavy atom. The van der Waals surface area contributed by atoms with Crippen LogP contribution in [-0.4, -0.2) is 17.7 Å². The summed E-state index contributed by atoms with van der Waals surface area (Å²) in [5.74, 6) is 0.627. The number of rotatable bonds is 9. The Labute approximate surface area is 151 Å². The molecule has 1 N–H and O–H groups in total. The predicted molar refractivity (Wildman–Crippen MR) is 105 cm³/mol.